The van der Waals surface area contributed by atoms with Crippen LogP contribution in [0.15, 0.2) is 84.0 Å². The molecule has 0 atom stereocenters. The van der Waals surface area contributed by atoms with Crippen molar-refractivity contribution in [3.8, 4) is 0 Å². The van der Waals surface area contributed by atoms with Crippen LogP contribution in [0.1, 0.15) is 21.5 Å². The number of nitrogens with zero attached hydrogens (tertiary/aromatic N) is 4. The minimum atomic E-state index is -0.300. The molecular formula is C29H26Cl2FN5OS. The van der Waals surface area contributed by atoms with E-state index >= 15 is 0 Å². The van der Waals surface area contributed by atoms with E-state index in [1.54, 1.807) is 24.3 Å². The van der Waals surface area contributed by atoms with Gasteiger partial charge >= 0.3 is 0 Å². The van der Waals surface area contributed by atoms with Crippen LogP contribution < -0.4 is 15.1 Å². The van der Waals surface area contributed by atoms with E-state index in [9.17, 15) is 9.18 Å². The van der Waals surface area contributed by atoms with Crippen LogP contribution in [-0.4, -0.2) is 42.1 Å². The summed E-state index contributed by atoms with van der Waals surface area (Å²) >= 11 is 13.9. The van der Waals surface area contributed by atoms with E-state index in [0.717, 1.165) is 53.8 Å². The van der Waals surface area contributed by atoms with E-state index in [2.05, 4.69) is 20.1 Å². The fraction of sp³-hybridized carbons (Fsp3) is 0.207. The summed E-state index contributed by atoms with van der Waals surface area (Å²) < 4.78 is 13.1. The number of nitrogens with one attached hydrogen (secondary N) is 1. The van der Waals surface area contributed by atoms with Gasteiger partial charge in [0.15, 0.2) is 5.16 Å². The van der Waals surface area contributed by atoms with Crippen LogP contribution in [0.25, 0.3) is 0 Å². The average molecular weight is 583 g/mol. The molecule has 0 unspecified atom stereocenters. The predicted molar refractivity (Wildman–Crippen MR) is 156 cm³/mol. The first-order chi connectivity index (χ1) is 18.9. The molecule has 39 heavy (non-hydrogen) atoms. The molecule has 0 radical (unpaired) electrons. The Bertz CT molecular complexity index is 1410. The molecule has 2 heterocycles. The zero-order chi connectivity index (χ0) is 27.2. The number of anilines is 2. The molecule has 0 spiro atoms. The average Bonchev–Trinajstić information content (AvgIpc) is 2.96. The Morgan fingerprint density at radius 2 is 1.49 bits per heavy atom. The first kappa shape index (κ1) is 27.2. The van der Waals surface area contributed by atoms with Crippen LogP contribution >= 0.6 is 35.0 Å². The number of halogens is 3. The van der Waals surface area contributed by atoms with Crippen molar-refractivity contribution >= 4 is 52.4 Å². The molecule has 5 rings (SSSR count). The van der Waals surface area contributed by atoms with Crippen LogP contribution in [0.3, 0.4) is 0 Å². The molecule has 1 aliphatic heterocycles. The number of amides is 1. The maximum absolute atomic E-state index is 13.1. The number of hydrogen-bond donors (Lipinski definition) is 1. The molecule has 6 nitrogen and oxygen atoms in total. The van der Waals surface area contributed by atoms with Crippen molar-refractivity contribution in [2.24, 2.45) is 0 Å². The summed E-state index contributed by atoms with van der Waals surface area (Å²) in [6.07, 6.45) is 0. The monoisotopic (exact) mass is 581 g/mol. The van der Waals surface area contributed by atoms with E-state index in [4.69, 9.17) is 28.2 Å². The lowest BCUT2D eigenvalue weighted by molar-refractivity contribution is 0.0951. The van der Waals surface area contributed by atoms with Gasteiger partial charge in [0.2, 0.25) is 0 Å². The van der Waals surface area contributed by atoms with Gasteiger partial charge < -0.3 is 15.1 Å². The Hall–Kier alpha value is -3.33. The Kier molecular flexibility index (Phi) is 8.86. The minimum absolute atomic E-state index is 0.183. The molecule has 10 heteroatoms. The molecule has 1 aliphatic rings. The van der Waals surface area contributed by atoms with Crippen LogP contribution in [0.2, 0.25) is 10.2 Å². The van der Waals surface area contributed by atoms with Gasteiger partial charge in [0, 0.05) is 60.8 Å². The van der Waals surface area contributed by atoms with Gasteiger partial charge in [0.1, 0.15) is 16.8 Å². The first-order valence-corrected chi connectivity index (χ1v) is 14.2. The number of aromatic nitrogens is 2. The number of carbonyl (C=O) groups is 1. The normalized spacial score (nSPS) is 13.4. The number of thioether (sulfide) groups is 1. The maximum Gasteiger partial charge on any atom is 0.251 e. The lowest BCUT2D eigenvalue weighted by Gasteiger charge is -2.36. The lowest BCUT2D eigenvalue weighted by atomic mass is 10.1. The highest BCUT2D eigenvalue weighted by Gasteiger charge is 2.20. The van der Waals surface area contributed by atoms with E-state index in [1.807, 2.05) is 42.5 Å². The molecule has 1 saturated heterocycles. The molecular weight excluding hydrogens is 556 g/mol. The third-order valence-corrected chi connectivity index (χ3v) is 7.77. The van der Waals surface area contributed by atoms with Gasteiger partial charge in [-0.25, -0.2) is 14.4 Å². The quantitative estimate of drug-likeness (QED) is 0.146. The number of piperazine rings is 1. The highest BCUT2D eigenvalue weighted by molar-refractivity contribution is 7.98. The van der Waals surface area contributed by atoms with Crippen molar-refractivity contribution in [3.63, 3.8) is 0 Å². The second-order valence-electron chi connectivity index (χ2n) is 9.08. The molecule has 0 saturated carbocycles. The first-order valence-electron chi connectivity index (χ1n) is 12.5. The zero-order valence-electron chi connectivity index (χ0n) is 21.0. The summed E-state index contributed by atoms with van der Waals surface area (Å²) in [5, 5.41) is 4.61. The standard InChI is InChI=1S/C29H26Cl2FN5OS/c30-23-7-11-25(12-8-23)36-13-15-37(16-14-36)27-17-26(31)34-29(35-27)39-19-21-1-5-22(6-2-21)28(38)33-18-20-3-9-24(32)10-4-20/h1-12,17H,13-16,18-19H2,(H,33,38). The summed E-state index contributed by atoms with van der Waals surface area (Å²) in [6.45, 7) is 3.72. The smallest absolute Gasteiger partial charge is 0.251 e. The van der Waals surface area contributed by atoms with Crippen molar-refractivity contribution in [2.45, 2.75) is 17.5 Å². The van der Waals surface area contributed by atoms with E-state index in [0.29, 0.717) is 28.2 Å². The van der Waals surface area contributed by atoms with Gasteiger partial charge in [-0.15, -0.1) is 0 Å². The number of rotatable bonds is 8. The van der Waals surface area contributed by atoms with Crippen LogP contribution in [0.5, 0.6) is 0 Å². The van der Waals surface area contributed by atoms with Crippen LogP contribution in [0, 0.1) is 5.82 Å². The third kappa shape index (κ3) is 7.41. The summed E-state index contributed by atoms with van der Waals surface area (Å²) in [4.78, 5) is 26.2. The maximum atomic E-state index is 13.1. The fourth-order valence-electron chi connectivity index (χ4n) is 4.24. The summed E-state index contributed by atoms with van der Waals surface area (Å²) in [6, 6.07) is 23.2. The van der Waals surface area contributed by atoms with Crippen LogP contribution in [-0.2, 0) is 12.3 Å². The minimum Gasteiger partial charge on any atom is -0.368 e. The molecule has 200 valence electrons. The van der Waals surface area contributed by atoms with Crippen molar-refractivity contribution in [1.29, 1.82) is 0 Å². The number of benzene rings is 3. The number of hydrogen-bond acceptors (Lipinski definition) is 6. The topological polar surface area (TPSA) is 61.4 Å². The molecule has 4 aromatic rings. The predicted octanol–water partition coefficient (Wildman–Crippen LogP) is 6.47. The SMILES string of the molecule is O=C(NCc1ccc(F)cc1)c1ccc(CSc2nc(Cl)cc(N3CCN(c4ccc(Cl)cc4)CC3)n2)cc1. The number of carbonyl (C=O) groups excluding carboxylic acids is 1. The van der Waals surface area contributed by atoms with Gasteiger partial charge in [0.05, 0.1) is 0 Å². The lowest BCUT2D eigenvalue weighted by Crippen LogP contribution is -2.46. The van der Waals surface area contributed by atoms with Crippen molar-refractivity contribution < 1.29 is 9.18 Å². The fourth-order valence-corrected chi connectivity index (χ4v) is 5.41. The van der Waals surface area contributed by atoms with Crippen LogP contribution in [0.4, 0.5) is 15.9 Å². The van der Waals surface area contributed by atoms with E-state index in [-0.39, 0.29) is 11.7 Å². The Morgan fingerprint density at radius 3 is 2.18 bits per heavy atom. The highest BCUT2D eigenvalue weighted by Crippen LogP contribution is 2.26. The van der Waals surface area contributed by atoms with Gasteiger partial charge in [-0.05, 0) is 59.7 Å². The molecule has 0 aliphatic carbocycles. The van der Waals surface area contributed by atoms with Gasteiger partial charge in [-0.1, -0.05) is 59.2 Å². The molecule has 1 N–H and O–H groups in total. The summed E-state index contributed by atoms with van der Waals surface area (Å²) in [5.41, 5.74) is 3.59. The molecule has 3 aromatic carbocycles. The van der Waals surface area contributed by atoms with Crippen molar-refractivity contribution in [1.82, 2.24) is 15.3 Å². The van der Waals surface area contributed by atoms with Crippen molar-refractivity contribution in [2.75, 3.05) is 36.0 Å². The van der Waals surface area contributed by atoms with Gasteiger partial charge in [-0.3, -0.25) is 4.79 Å². The molecule has 0 bridgehead atoms. The summed E-state index contributed by atoms with van der Waals surface area (Å²) in [5.74, 6) is 0.978. The van der Waals surface area contributed by atoms with Gasteiger partial charge in [0.25, 0.3) is 5.91 Å². The van der Waals surface area contributed by atoms with Crippen molar-refractivity contribution in [3.05, 3.63) is 112 Å². The summed E-state index contributed by atoms with van der Waals surface area (Å²) in [7, 11) is 0. The third-order valence-electron chi connectivity index (χ3n) is 6.41. The second-order valence-corrected chi connectivity index (χ2v) is 10.8. The Morgan fingerprint density at radius 1 is 0.846 bits per heavy atom. The molecule has 1 aromatic heterocycles. The van der Waals surface area contributed by atoms with E-state index in [1.165, 1.54) is 23.9 Å². The Labute approximate surface area is 241 Å². The zero-order valence-corrected chi connectivity index (χ0v) is 23.3. The largest absolute Gasteiger partial charge is 0.368 e. The molecule has 1 amide bonds. The second kappa shape index (κ2) is 12.7. The van der Waals surface area contributed by atoms with Gasteiger partial charge in [-0.2, -0.15) is 0 Å². The Balaban J connectivity index is 1.14. The highest BCUT2D eigenvalue weighted by atomic mass is 35.5. The van der Waals surface area contributed by atoms with E-state index < -0.39 is 0 Å². The molecule has 1 fully saturated rings.